The van der Waals surface area contributed by atoms with Crippen LogP contribution in [-0.2, 0) is 17.9 Å². The van der Waals surface area contributed by atoms with Crippen molar-refractivity contribution in [2.45, 2.75) is 57.7 Å². The molecule has 0 radical (unpaired) electrons. The lowest BCUT2D eigenvalue weighted by Crippen LogP contribution is -2.64. The number of benzene rings is 1. The highest BCUT2D eigenvalue weighted by atomic mass is 19.1. The van der Waals surface area contributed by atoms with Gasteiger partial charge in [0.2, 0.25) is 5.91 Å². The van der Waals surface area contributed by atoms with Gasteiger partial charge in [0, 0.05) is 19.2 Å². The van der Waals surface area contributed by atoms with Gasteiger partial charge in [-0.15, -0.1) is 0 Å². The van der Waals surface area contributed by atoms with Crippen LogP contribution in [0.2, 0.25) is 0 Å². The SMILES string of the molecule is CC1(C(=O)NCc2ccc(F)cc2)Cn2nc(-c3ccco3)cc2C(=O)N1CCC1=CCCCC1. The molecule has 7 nitrogen and oxygen atoms in total. The van der Waals surface area contributed by atoms with Crippen LogP contribution in [0.15, 0.2) is 64.8 Å². The number of allylic oxidation sites excluding steroid dienone is 1. The first-order valence-corrected chi connectivity index (χ1v) is 12.1. The third-order valence-corrected chi connectivity index (χ3v) is 6.97. The predicted octanol–water partition coefficient (Wildman–Crippen LogP) is 4.70. The minimum atomic E-state index is -1.13. The Balaban J connectivity index is 1.42. The van der Waals surface area contributed by atoms with Crippen LogP contribution in [0, 0.1) is 5.82 Å². The molecule has 0 spiro atoms. The monoisotopic (exact) mass is 476 g/mol. The molecule has 0 bridgehead atoms. The van der Waals surface area contributed by atoms with Crippen LogP contribution in [0.4, 0.5) is 4.39 Å². The third kappa shape index (κ3) is 4.65. The van der Waals surface area contributed by atoms with E-state index in [0.717, 1.165) is 31.2 Å². The van der Waals surface area contributed by atoms with Crippen molar-refractivity contribution in [3.8, 4) is 11.5 Å². The maximum absolute atomic E-state index is 13.7. The number of hydrogen-bond acceptors (Lipinski definition) is 4. The minimum absolute atomic E-state index is 0.225. The molecule has 1 aliphatic carbocycles. The summed E-state index contributed by atoms with van der Waals surface area (Å²) in [6.07, 6.45) is 9.04. The van der Waals surface area contributed by atoms with E-state index in [-0.39, 0.29) is 30.7 Å². The topological polar surface area (TPSA) is 80.4 Å². The predicted molar refractivity (Wildman–Crippen MR) is 129 cm³/mol. The molecule has 1 aliphatic heterocycles. The van der Waals surface area contributed by atoms with Crippen molar-refractivity contribution in [2.24, 2.45) is 0 Å². The quantitative estimate of drug-likeness (QED) is 0.501. The van der Waals surface area contributed by atoms with E-state index < -0.39 is 5.54 Å². The first kappa shape index (κ1) is 23.1. The van der Waals surface area contributed by atoms with Gasteiger partial charge in [-0.3, -0.25) is 14.3 Å². The van der Waals surface area contributed by atoms with Gasteiger partial charge in [-0.1, -0.05) is 23.8 Å². The molecule has 1 N–H and O–H groups in total. The largest absolute Gasteiger partial charge is 0.463 e. The van der Waals surface area contributed by atoms with Crippen molar-refractivity contribution >= 4 is 11.8 Å². The maximum Gasteiger partial charge on any atom is 0.273 e. The van der Waals surface area contributed by atoms with E-state index in [0.29, 0.717) is 23.7 Å². The molecule has 35 heavy (non-hydrogen) atoms. The Labute approximate surface area is 203 Å². The number of carbonyl (C=O) groups excluding carboxylic acids is 2. The molecule has 0 saturated carbocycles. The van der Waals surface area contributed by atoms with E-state index in [1.54, 1.807) is 53.1 Å². The van der Waals surface area contributed by atoms with Gasteiger partial charge in [0.1, 0.15) is 22.7 Å². The molecule has 1 aromatic carbocycles. The molecule has 3 aromatic rings. The first-order chi connectivity index (χ1) is 16.9. The van der Waals surface area contributed by atoms with Gasteiger partial charge >= 0.3 is 0 Å². The van der Waals surface area contributed by atoms with Gasteiger partial charge in [0.05, 0.1) is 12.8 Å². The Morgan fingerprint density at radius 2 is 2.06 bits per heavy atom. The highest BCUT2D eigenvalue weighted by molar-refractivity contribution is 6.00. The normalized spacial score (nSPS) is 19.9. The number of carbonyl (C=O) groups is 2. The second-order valence-electron chi connectivity index (χ2n) is 9.45. The van der Waals surface area contributed by atoms with Crippen LogP contribution in [-0.4, -0.2) is 38.6 Å². The van der Waals surface area contributed by atoms with Crippen LogP contribution >= 0.6 is 0 Å². The fourth-order valence-electron chi connectivity index (χ4n) is 4.90. The van der Waals surface area contributed by atoms with Crippen LogP contribution in [0.1, 0.15) is 55.1 Å². The number of hydrogen-bond donors (Lipinski definition) is 1. The van der Waals surface area contributed by atoms with Gasteiger partial charge in [-0.2, -0.15) is 5.10 Å². The average molecular weight is 477 g/mol. The van der Waals surface area contributed by atoms with E-state index in [2.05, 4.69) is 16.5 Å². The Hall–Kier alpha value is -3.68. The molecule has 8 heteroatoms. The van der Waals surface area contributed by atoms with Crippen LogP contribution in [0.25, 0.3) is 11.5 Å². The van der Waals surface area contributed by atoms with Gasteiger partial charge in [0.25, 0.3) is 5.91 Å². The summed E-state index contributed by atoms with van der Waals surface area (Å²) in [4.78, 5) is 28.9. The number of halogens is 1. The number of nitrogens with zero attached hydrogens (tertiary/aromatic N) is 3. The minimum Gasteiger partial charge on any atom is -0.463 e. The lowest BCUT2D eigenvalue weighted by molar-refractivity contribution is -0.133. The summed E-state index contributed by atoms with van der Waals surface area (Å²) in [7, 11) is 0. The standard InChI is InChI=1S/C27H29FN4O3/c1-27(26(34)29-17-20-9-11-21(28)12-10-20)18-32-23(16-22(30-32)24-8-5-15-35-24)25(33)31(27)14-13-19-6-3-2-4-7-19/h5-6,8-12,15-16H,2-4,7,13-14,17-18H2,1H3,(H,29,34). The summed E-state index contributed by atoms with van der Waals surface area (Å²) < 4.78 is 20.3. The summed E-state index contributed by atoms with van der Waals surface area (Å²) in [5.74, 6) is -0.251. The molecule has 3 heterocycles. The van der Waals surface area contributed by atoms with Gasteiger partial charge in [-0.25, -0.2) is 4.39 Å². The number of fused-ring (bicyclic) bond motifs is 1. The van der Waals surface area contributed by atoms with E-state index >= 15 is 0 Å². The molecule has 2 aliphatic rings. The average Bonchev–Trinajstić information content (AvgIpc) is 3.54. The van der Waals surface area contributed by atoms with Crippen molar-refractivity contribution in [1.29, 1.82) is 0 Å². The lowest BCUT2D eigenvalue weighted by Gasteiger charge is -2.43. The number of furan rings is 1. The van der Waals surface area contributed by atoms with Crippen LogP contribution in [0.5, 0.6) is 0 Å². The molecular weight excluding hydrogens is 447 g/mol. The summed E-state index contributed by atoms with van der Waals surface area (Å²) in [6, 6.07) is 11.3. The molecule has 5 rings (SSSR count). The van der Waals surface area contributed by atoms with Crippen molar-refractivity contribution < 1.29 is 18.4 Å². The van der Waals surface area contributed by atoms with E-state index in [9.17, 15) is 14.0 Å². The molecular formula is C27H29FN4O3. The fourth-order valence-corrected chi connectivity index (χ4v) is 4.90. The Morgan fingerprint density at radius 3 is 2.77 bits per heavy atom. The van der Waals surface area contributed by atoms with Crippen LogP contribution < -0.4 is 5.32 Å². The number of nitrogens with one attached hydrogen (secondary N) is 1. The van der Waals surface area contributed by atoms with Gasteiger partial charge in [0.15, 0.2) is 5.76 Å². The van der Waals surface area contributed by atoms with E-state index in [1.165, 1.54) is 24.1 Å². The first-order valence-electron chi connectivity index (χ1n) is 12.1. The molecule has 182 valence electrons. The van der Waals surface area contributed by atoms with Crippen molar-refractivity contribution in [1.82, 2.24) is 20.0 Å². The number of aromatic nitrogens is 2. The molecule has 2 amide bonds. The Morgan fingerprint density at radius 1 is 1.23 bits per heavy atom. The fraction of sp³-hybridized carbons (Fsp3) is 0.370. The highest BCUT2D eigenvalue weighted by Crippen LogP contribution is 2.31. The zero-order chi connectivity index (χ0) is 24.4. The second kappa shape index (κ2) is 9.52. The maximum atomic E-state index is 13.7. The summed E-state index contributed by atoms with van der Waals surface area (Å²) in [5.41, 5.74) is 1.99. The second-order valence-corrected chi connectivity index (χ2v) is 9.45. The van der Waals surface area contributed by atoms with E-state index in [1.807, 2.05) is 0 Å². The van der Waals surface area contributed by atoms with Gasteiger partial charge < -0.3 is 14.6 Å². The zero-order valence-corrected chi connectivity index (χ0v) is 19.8. The van der Waals surface area contributed by atoms with Crippen molar-refractivity contribution in [3.63, 3.8) is 0 Å². The smallest absolute Gasteiger partial charge is 0.273 e. The summed E-state index contributed by atoms with van der Waals surface area (Å²) in [6.45, 7) is 2.71. The summed E-state index contributed by atoms with van der Waals surface area (Å²) >= 11 is 0. The van der Waals surface area contributed by atoms with Gasteiger partial charge in [-0.05, 0) is 68.9 Å². The lowest BCUT2D eigenvalue weighted by atomic mass is 9.92. The Bertz CT molecular complexity index is 1250. The number of rotatable bonds is 7. The van der Waals surface area contributed by atoms with Crippen LogP contribution in [0.3, 0.4) is 0 Å². The zero-order valence-electron chi connectivity index (χ0n) is 19.8. The Kier molecular flexibility index (Phi) is 6.28. The van der Waals surface area contributed by atoms with Crippen molar-refractivity contribution in [3.05, 3.63) is 77.5 Å². The third-order valence-electron chi connectivity index (χ3n) is 6.97. The number of amides is 2. The highest BCUT2D eigenvalue weighted by Gasteiger charge is 2.47. The molecule has 0 saturated heterocycles. The molecule has 2 aromatic heterocycles. The molecule has 1 unspecified atom stereocenters. The molecule has 0 fully saturated rings. The summed E-state index contributed by atoms with van der Waals surface area (Å²) in [5, 5.41) is 7.53. The van der Waals surface area contributed by atoms with Crippen molar-refractivity contribution in [2.75, 3.05) is 6.54 Å². The van der Waals surface area contributed by atoms with E-state index in [4.69, 9.17) is 4.42 Å². The molecule has 1 atom stereocenters.